The average molecular weight is 352 g/mol. The van der Waals surface area contributed by atoms with Crippen LogP contribution in [0.25, 0.3) is 10.9 Å². The molecule has 0 radical (unpaired) electrons. The van der Waals surface area contributed by atoms with Crippen LogP contribution in [-0.2, 0) is 21.3 Å². The molecule has 0 amide bonds. The molecule has 8 heteroatoms. The largest absolute Gasteiger partial charge is 0.478 e. The Morgan fingerprint density at radius 2 is 1.92 bits per heavy atom. The number of carbonyl (C=O) groups is 1. The molecule has 0 bridgehead atoms. The molecule has 2 aromatic rings. The molecule has 1 aromatic carbocycles. The fraction of sp³-hybridized carbons (Fsp3) is 0.438. The third-order valence-electron chi connectivity index (χ3n) is 4.40. The maximum absolute atomic E-state index is 12.7. The molecule has 7 nitrogen and oxygen atoms in total. The second-order valence-electron chi connectivity index (χ2n) is 6.19. The van der Waals surface area contributed by atoms with Crippen LogP contribution >= 0.6 is 0 Å². The van der Waals surface area contributed by atoms with Crippen LogP contribution in [0.2, 0.25) is 0 Å². The lowest BCUT2D eigenvalue weighted by molar-refractivity contribution is 0.0697. The van der Waals surface area contributed by atoms with E-state index in [2.05, 4.69) is 4.90 Å². The number of hydrogen-bond acceptors (Lipinski definition) is 5. The van der Waals surface area contributed by atoms with Crippen molar-refractivity contribution in [3.63, 3.8) is 0 Å². The number of aromatic nitrogens is 1. The van der Waals surface area contributed by atoms with E-state index >= 15 is 0 Å². The molecular weight excluding hydrogens is 332 g/mol. The van der Waals surface area contributed by atoms with Gasteiger partial charge in [0.25, 0.3) is 10.1 Å². The third-order valence-corrected chi connectivity index (χ3v) is 5.79. The summed E-state index contributed by atoms with van der Waals surface area (Å²) in [4.78, 5) is 13.3. The Morgan fingerprint density at radius 3 is 2.54 bits per heavy atom. The van der Waals surface area contributed by atoms with Gasteiger partial charge in [0.05, 0.1) is 11.7 Å². The summed E-state index contributed by atoms with van der Waals surface area (Å²) in [6.07, 6.45) is 2.44. The Bertz CT molecular complexity index is 879. The molecule has 1 aromatic heterocycles. The minimum Gasteiger partial charge on any atom is -0.478 e. The number of benzene rings is 1. The summed E-state index contributed by atoms with van der Waals surface area (Å²) in [5, 5.41) is 9.50. The van der Waals surface area contributed by atoms with E-state index in [9.17, 15) is 13.2 Å². The van der Waals surface area contributed by atoms with Crippen LogP contribution in [0.5, 0.6) is 0 Å². The van der Waals surface area contributed by atoms with Crippen molar-refractivity contribution in [2.45, 2.75) is 23.8 Å². The van der Waals surface area contributed by atoms with Crippen molar-refractivity contribution in [3.8, 4) is 0 Å². The van der Waals surface area contributed by atoms with Gasteiger partial charge in [-0.3, -0.25) is 4.18 Å². The minimum absolute atomic E-state index is 0.0158. The summed E-state index contributed by atoms with van der Waals surface area (Å²) in [5.41, 5.74) is 0.690. The number of carboxylic acids is 1. The molecular formula is C16H20N2O5S. The first-order valence-electron chi connectivity index (χ1n) is 7.72. The van der Waals surface area contributed by atoms with E-state index in [-0.39, 0.29) is 16.6 Å². The topological polar surface area (TPSA) is 88.8 Å². The van der Waals surface area contributed by atoms with Crippen LogP contribution in [0.15, 0.2) is 29.3 Å². The van der Waals surface area contributed by atoms with Crippen LogP contribution in [0, 0.1) is 0 Å². The van der Waals surface area contributed by atoms with Crippen molar-refractivity contribution in [1.29, 1.82) is 0 Å². The van der Waals surface area contributed by atoms with Crippen molar-refractivity contribution in [1.82, 2.24) is 9.47 Å². The zero-order valence-electron chi connectivity index (χ0n) is 13.6. The van der Waals surface area contributed by atoms with Gasteiger partial charge in [0, 0.05) is 37.2 Å². The zero-order chi connectivity index (χ0) is 17.5. The Kier molecular flexibility index (Phi) is 4.37. The third kappa shape index (κ3) is 3.17. The van der Waals surface area contributed by atoms with E-state index in [0.717, 1.165) is 13.1 Å². The van der Waals surface area contributed by atoms with Crippen molar-refractivity contribution in [3.05, 3.63) is 30.0 Å². The van der Waals surface area contributed by atoms with Crippen LogP contribution in [0.4, 0.5) is 0 Å². The van der Waals surface area contributed by atoms with E-state index in [4.69, 9.17) is 9.29 Å². The second kappa shape index (κ2) is 6.19. The summed E-state index contributed by atoms with van der Waals surface area (Å²) in [6, 6.07) is 4.44. The highest BCUT2D eigenvalue weighted by molar-refractivity contribution is 7.87. The summed E-state index contributed by atoms with van der Waals surface area (Å²) in [6.45, 7) is 1.58. The highest BCUT2D eigenvalue weighted by atomic mass is 32.2. The predicted octanol–water partition coefficient (Wildman–Crippen LogP) is 1.68. The van der Waals surface area contributed by atoms with E-state index < -0.39 is 16.1 Å². The Morgan fingerprint density at radius 1 is 1.25 bits per heavy atom. The first kappa shape index (κ1) is 16.9. The number of fused-ring (bicyclic) bond motifs is 1. The van der Waals surface area contributed by atoms with Gasteiger partial charge < -0.3 is 14.6 Å². The zero-order valence-corrected chi connectivity index (χ0v) is 14.4. The van der Waals surface area contributed by atoms with Gasteiger partial charge in [-0.05, 0) is 38.1 Å². The monoisotopic (exact) mass is 352 g/mol. The van der Waals surface area contributed by atoms with Gasteiger partial charge in [0.15, 0.2) is 0 Å². The number of hydrogen-bond donors (Lipinski definition) is 1. The van der Waals surface area contributed by atoms with Gasteiger partial charge in [-0.15, -0.1) is 0 Å². The SMILES string of the molecule is CN1CCC(OS(=O)(=O)c2cn(C)c3ccc(C(=O)O)cc23)CC1. The minimum atomic E-state index is -3.96. The van der Waals surface area contributed by atoms with E-state index in [1.54, 1.807) is 17.7 Å². The predicted molar refractivity (Wildman–Crippen MR) is 88.7 cm³/mol. The number of rotatable bonds is 4. The highest BCUT2D eigenvalue weighted by Crippen LogP contribution is 2.29. The van der Waals surface area contributed by atoms with Crippen LogP contribution in [-0.4, -0.2) is 55.2 Å². The van der Waals surface area contributed by atoms with Gasteiger partial charge in [-0.25, -0.2) is 4.79 Å². The first-order valence-corrected chi connectivity index (χ1v) is 9.13. The molecule has 1 aliphatic rings. The molecule has 1 N–H and O–H groups in total. The molecule has 0 spiro atoms. The molecule has 1 aliphatic heterocycles. The molecule has 3 rings (SSSR count). The normalized spacial score (nSPS) is 17.4. The highest BCUT2D eigenvalue weighted by Gasteiger charge is 2.28. The Balaban J connectivity index is 1.98. The first-order chi connectivity index (χ1) is 11.3. The number of aryl methyl sites for hydroxylation is 1. The maximum Gasteiger partial charge on any atom is 0.335 e. The fourth-order valence-corrected chi connectivity index (χ4v) is 4.37. The quantitative estimate of drug-likeness (QED) is 0.842. The lowest BCUT2D eigenvalue weighted by Gasteiger charge is -2.28. The van der Waals surface area contributed by atoms with Gasteiger partial charge >= 0.3 is 5.97 Å². The van der Waals surface area contributed by atoms with Crippen LogP contribution < -0.4 is 0 Å². The molecule has 24 heavy (non-hydrogen) atoms. The molecule has 1 fully saturated rings. The van der Waals surface area contributed by atoms with Crippen molar-refractivity contribution in [2.24, 2.45) is 7.05 Å². The second-order valence-corrected chi connectivity index (χ2v) is 7.73. The summed E-state index contributed by atoms with van der Waals surface area (Å²) >= 11 is 0. The van der Waals surface area contributed by atoms with Gasteiger partial charge in [-0.2, -0.15) is 8.42 Å². The number of nitrogens with zero attached hydrogens (tertiary/aromatic N) is 2. The molecule has 0 unspecified atom stereocenters. The average Bonchev–Trinajstić information content (AvgIpc) is 2.87. The van der Waals surface area contributed by atoms with Crippen LogP contribution in [0.3, 0.4) is 0 Å². The Labute approximate surface area is 140 Å². The maximum atomic E-state index is 12.7. The lowest BCUT2D eigenvalue weighted by atomic mass is 10.1. The molecule has 0 saturated carbocycles. The summed E-state index contributed by atoms with van der Waals surface area (Å²) in [7, 11) is -0.249. The van der Waals surface area contributed by atoms with Crippen LogP contribution in [0.1, 0.15) is 23.2 Å². The fourth-order valence-electron chi connectivity index (χ4n) is 3.00. The van der Waals surface area contributed by atoms with Gasteiger partial charge in [0.2, 0.25) is 0 Å². The molecule has 2 heterocycles. The van der Waals surface area contributed by atoms with Crippen molar-refractivity contribution in [2.75, 3.05) is 20.1 Å². The molecule has 0 aliphatic carbocycles. The van der Waals surface area contributed by atoms with E-state index in [0.29, 0.717) is 23.7 Å². The molecule has 1 saturated heterocycles. The summed E-state index contributed by atoms with van der Waals surface area (Å²) < 4.78 is 32.5. The smallest absolute Gasteiger partial charge is 0.335 e. The standard InChI is InChI=1S/C16H20N2O5S/c1-17-7-5-12(6-8-17)23-24(21,22)15-10-18(2)14-4-3-11(16(19)20)9-13(14)15/h3-4,9-10,12H,5-8H2,1-2H3,(H,19,20). The molecule has 130 valence electrons. The number of piperidine rings is 1. The lowest BCUT2D eigenvalue weighted by Crippen LogP contribution is -2.35. The Hall–Kier alpha value is -1.90. The number of aromatic carboxylic acids is 1. The van der Waals surface area contributed by atoms with E-state index in [1.807, 2.05) is 7.05 Å². The van der Waals surface area contributed by atoms with Gasteiger partial charge in [0.1, 0.15) is 4.90 Å². The number of likely N-dealkylation sites (tertiary alicyclic amines) is 1. The summed E-state index contributed by atoms with van der Waals surface area (Å²) in [5.74, 6) is -1.10. The van der Waals surface area contributed by atoms with E-state index in [1.165, 1.54) is 18.3 Å². The molecule has 0 atom stereocenters. The van der Waals surface area contributed by atoms with Crippen molar-refractivity contribution >= 4 is 27.0 Å². The van der Waals surface area contributed by atoms with Crippen molar-refractivity contribution < 1.29 is 22.5 Å². The number of carboxylic acid groups (broad SMARTS) is 1. The van der Waals surface area contributed by atoms with Gasteiger partial charge in [-0.1, -0.05) is 0 Å².